The van der Waals surface area contributed by atoms with Crippen molar-refractivity contribution in [3.05, 3.63) is 17.7 Å². The fraction of sp³-hybridized carbons (Fsp3) is 0.571. The highest BCUT2D eigenvalue weighted by Gasteiger charge is 2.25. The van der Waals surface area contributed by atoms with Crippen molar-refractivity contribution < 1.29 is 14.2 Å². The summed E-state index contributed by atoms with van der Waals surface area (Å²) >= 11 is 1.91. The van der Waals surface area contributed by atoms with Crippen LogP contribution in [0.25, 0.3) is 0 Å². The second kappa shape index (κ2) is 6.39. The number of methoxy groups -OCH3 is 3. The van der Waals surface area contributed by atoms with Crippen LogP contribution in [-0.4, -0.2) is 33.1 Å². The molecule has 1 fully saturated rings. The van der Waals surface area contributed by atoms with Crippen molar-refractivity contribution in [3.63, 3.8) is 0 Å². The summed E-state index contributed by atoms with van der Waals surface area (Å²) < 4.78 is 16.2. The van der Waals surface area contributed by atoms with E-state index in [4.69, 9.17) is 14.2 Å². The summed E-state index contributed by atoms with van der Waals surface area (Å²) in [6.07, 6.45) is 1.19. The molecule has 1 aromatic carbocycles. The molecule has 0 saturated carbocycles. The lowest BCUT2D eigenvalue weighted by atomic mass is 10.1. The summed E-state index contributed by atoms with van der Waals surface area (Å²) in [6, 6.07) is 3.88. The van der Waals surface area contributed by atoms with Gasteiger partial charge in [0.05, 0.1) is 26.7 Å². The van der Waals surface area contributed by atoms with E-state index >= 15 is 0 Å². The van der Waals surface area contributed by atoms with Gasteiger partial charge in [0.1, 0.15) is 5.75 Å². The van der Waals surface area contributed by atoms with Crippen LogP contribution in [0.4, 0.5) is 0 Å². The van der Waals surface area contributed by atoms with Crippen LogP contribution >= 0.6 is 11.8 Å². The molecule has 1 heterocycles. The number of hydrogen-bond donors (Lipinski definition) is 1. The van der Waals surface area contributed by atoms with Gasteiger partial charge < -0.3 is 19.5 Å². The third-order valence-corrected chi connectivity index (χ3v) is 4.66. The van der Waals surface area contributed by atoms with Crippen LogP contribution in [0.15, 0.2) is 12.1 Å². The highest BCUT2D eigenvalue weighted by Crippen LogP contribution is 2.43. The molecule has 5 heteroatoms. The normalized spacial score (nSPS) is 22.9. The summed E-state index contributed by atoms with van der Waals surface area (Å²) in [5, 5.41) is 4.39. The van der Waals surface area contributed by atoms with Gasteiger partial charge in [-0.1, -0.05) is 6.92 Å². The zero-order valence-corrected chi connectivity index (χ0v) is 12.7. The molecular weight excluding hydrogens is 262 g/mol. The topological polar surface area (TPSA) is 39.7 Å². The van der Waals surface area contributed by atoms with Crippen LogP contribution in [0.3, 0.4) is 0 Å². The van der Waals surface area contributed by atoms with E-state index in [0.29, 0.717) is 11.0 Å². The van der Waals surface area contributed by atoms with Crippen LogP contribution in [0.5, 0.6) is 17.2 Å². The standard InChI is InChI=1S/C14H21NO3S/c1-9-5-6-15-14(19-9)10-7-12(17-3)13(18-4)8-11(10)16-2/h7-9,14-15H,5-6H2,1-4H3. The van der Waals surface area contributed by atoms with E-state index in [-0.39, 0.29) is 5.37 Å². The van der Waals surface area contributed by atoms with Crippen LogP contribution in [0.2, 0.25) is 0 Å². The van der Waals surface area contributed by atoms with Crippen LogP contribution in [0, 0.1) is 0 Å². The Kier molecular flexibility index (Phi) is 4.82. The molecule has 2 unspecified atom stereocenters. The Balaban J connectivity index is 2.37. The molecule has 0 radical (unpaired) electrons. The molecule has 0 amide bonds. The molecule has 2 rings (SSSR count). The Bertz CT molecular complexity index is 439. The summed E-state index contributed by atoms with van der Waals surface area (Å²) in [6.45, 7) is 3.28. The first-order valence-corrected chi connectivity index (χ1v) is 7.32. The van der Waals surface area contributed by atoms with Crippen molar-refractivity contribution in [1.29, 1.82) is 0 Å². The van der Waals surface area contributed by atoms with E-state index in [1.54, 1.807) is 21.3 Å². The maximum absolute atomic E-state index is 5.49. The molecule has 1 N–H and O–H groups in total. The number of ether oxygens (including phenoxy) is 3. The Morgan fingerprint density at radius 1 is 1.05 bits per heavy atom. The summed E-state index contributed by atoms with van der Waals surface area (Å²) in [5.41, 5.74) is 1.11. The molecule has 19 heavy (non-hydrogen) atoms. The lowest BCUT2D eigenvalue weighted by Gasteiger charge is -2.29. The zero-order chi connectivity index (χ0) is 13.8. The largest absolute Gasteiger partial charge is 0.496 e. The highest BCUT2D eigenvalue weighted by atomic mass is 32.2. The molecule has 1 saturated heterocycles. The number of hydrogen-bond acceptors (Lipinski definition) is 5. The Morgan fingerprint density at radius 3 is 2.26 bits per heavy atom. The van der Waals surface area contributed by atoms with Gasteiger partial charge in [0.25, 0.3) is 0 Å². The van der Waals surface area contributed by atoms with Crippen LogP contribution in [0.1, 0.15) is 24.3 Å². The van der Waals surface area contributed by atoms with Crippen LogP contribution < -0.4 is 19.5 Å². The molecule has 1 aliphatic heterocycles. The number of nitrogens with one attached hydrogen (secondary N) is 1. The molecule has 0 spiro atoms. The molecule has 4 nitrogen and oxygen atoms in total. The SMILES string of the molecule is COc1cc(OC)c(C2NCCC(C)S2)cc1OC. The maximum Gasteiger partial charge on any atom is 0.164 e. The van der Waals surface area contributed by atoms with E-state index in [1.165, 1.54) is 6.42 Å². The molecule has 1 aromatic rings. The fourth-order valence-electron chi connectivity index (χ4n) is 2.21. The Hall–Kier alpha value is -1.07. The number of thioether (sulfide) groups is 1. The highest BCUT2D eigenvalue weighted by molar-refractivity contribution is 8.00. The fourth-order valence-corrected chi connectivity index (χ4v) is 3.47. The minimum atomic E-state index is 0.235. The van der Waals surface area contributed by atoms with E-state index in [0.717, 1.165) is 23.6 Å². The van der Waals surface area contributed by atoms with Gasteiger partial charge in [0.2, 0.25) is 0 Å². The first kappa shape index (κ1) is 14.3. The van der Waals surface area contributed by atoms with Gasteiger partial charge in [-0.05, 0) is 19.0 Å². The molecule has 2 atom stereocenters. The van der Waals surface area contributed by atoms with Crippen molar-refractivity contribution in [2.24, 2.45) is 0 Å². The van der Waals surface area contributed by atoms with Gasteiger partial charge >= 0.3 is 0 Å². The Labute approximate surface area is 118 Å². The first-order valence-electron chi connectivity index (χ1n) is 6.38. The monoisotopic (exact) mass is 283 g/mol. The number of benzene rings is 1. The number of rotatable bonds is 4. The van der Waals surface area contributed by atoms with E-state index in [2.05, 4.69) is 12.2 Å². The quantitative estimate of drug-likeness (QED) is 0.920. The van der Waals surface area contributed by atoms with Gasteiger partial charge in [-0.2, -0.15) is 0 Å². The molecule has 1 aliphatic rings. The molecule has 0 aromatic heterocycles. The van der Waals surface area contributed by atoms with Gasteiger partial charge in [-0.3, -0.25) is 0 Å². The summed E-state index contributed by atoms with van der Waals surface area (Å²) in [7, 11) is 4.96. The second-order valence-corrected chi connectivity index (χ2v) is 6.07. The van der Waals surface area contributed by atoms with Gasteiger partial charge in [0, 0.05) is 16.9 Å². The maximum atomic E-state index is 5.49. The summed E-state index contributed by atoms with van der Waals surface area (Å²) in [4.78, 5) is 0. The molecule has 0 bridgehead atoms. The molecule has 0 aliphatic carbocycles. The average molecular weight is 283 g/mol. The third-order valence-electron chi connectivity index (χ3n) is 3.27. The van der Waals surface area contributed by atoms with Crippen molar-refractivity contribution in [3.8, 4) is 17.2 Å². The predicted molar refractivity (Wildman–Crippen MR) is 78.5 cm³/mol. The van der Waals surface area contributed by atoms with E-state index in [9.17, 15) is 0 Å². The first-order chi connectivity index (χ1) is 9.19. The lowest BCUT2D eigenvalue weighted by molar-refractivity contribution is 0.346. The lowest BCUT2D eigenvalue weighted by Crippen LogP contribution is -2.29. The van der Waals surface area contributed by atoms with Crippen molar-refractivity contribution in [2.45, 2.75) is 24.0 Å². The zero-order valence-electron chi connectivity index (χ0n) is 11.9. The minimum absolute atomic E-state index is 0.235. The molecular formula is C14H21NO3S. The third kappa shape index (κ3) is 3.09. The second-order valence-electron chi connectivity index (χ2n) is 4.52. The van der Waals surface area contributed by atoms with E-state index in [1.807, 2.05) is 23.9 Å². The van der Waals surface area contributed by atoms with Crippen molar-refractivity contribution in [1.82, 2.24) is 5.32 Å². The van der Waals surface area contributed by atoms with Crippen molar-refractivity contribution >= 4 is 11.8 Å². The van der Waals surface area contributed by atoms with Gasteiger partial charge in [-0.25, -0.2) is 0 Å². The summed E-state index contributed by atoms with van der Waals surface area (Å²) in [5.74, 6) is 2.26. The van der Waals surface area contributed by atoms with Gasteiger partial charge in [-0.15, -0.1) is 11.8 Å². The van der Waals surface area contributed by atoms with Crippen LogP contribution in [-0.2, 0) is 0 Å². The van der Waals surface area contributed by atoms with E-state index < -0.39 is 0 Å². The average Bonchev–Trinajstić information content (AvgIpc) is 2.45. The predicted octanol–water partition coefficient (Wildman–Crippen LogP) is 2.83. The molecule has 106 valence electrons. The van der Waals surface area contributed by atoms with Crippen molar-refractivity contribution in [2.75, 3.05) is 27.9 Å². The Morgan fingerprint density at radius 2 is 1.68 bits per heavy atom. The minimum Gasteiger partial charge on any atom is -0.496 e. The smallest absolute Gasteiger partial charge is 0.164 e. The van der Waals surface area contributed by atoms with Gasteiger partial charge in [0.15, 0.2) is 11.5 Å².